The number of fused-ring (bicyclic) bond motifs is 7. The molecule has 0 aliphatic rings. The number of rotatable bonds is 5. The molecule has 0 aliphatic heterocycles. The summed E-state index contributed by atoms with van der Waals surface area (Å²) in [6, 6.07) is 50.8. The Morgan fingerprint density at radius 3 is 2.19 bits per heavy atom. The van der Waals surface area contributed by atoms with E-state index >= 15 is 0 Å². The molecule has 0 radical (unpaired) electrons. The van der Waals surface area contributed by atoms with Crippen molar-refractivity contribution in [3.8, 4) is 34.0 Å². The molecule has 0 saturated heterocycles. The van der Waals surface area contributed by atoms with Gasteiger partial charge in [-0.1, -0.05) is 116 Å². The van der Waals surface area contributed by atoms with Crippen LogP contribution in [0.1, 0.15) is 30.9 Å². The predicted octanol–water partition coefficient (Wildman–Crippen LogP) is 11.3. The Kier molecular flexibility index (Phi) is 7.71. The van der Waals surface area contributed by atoms with Gasteiger partial charge < -0.3 is 9.55 Å². The normalized spacial score (nSPS) is 11.8. The summed E-state index contributed by atoms with van der Waals surface area (Å²) in [4.78, 5) is 15.6. The number of hydrogen-bond acceptors (Lipinski definition) is 2. The molecule has 10 aromatic rings. The minimum Gasteiger partial charge on any atom is -0.656 e. The van der Waals surface area contributed by atoms with Crippen LogP contribution in [0.2, 0.25) is 0 Å². The largest absolute Gasteiger partial charge is 2.00 e. The summed E-state index contributed by atoms with van der Waals surface area (Å²) >= 11 is 0. The fourth-order valence-electron chi connectivity index (χ4n) is 7.98. The van der Waals surface area contributed by atoms with Crippen molar-refractivity contribution in [1.82, 2.24) is 24.1 Å². The molecule has 0 atom stereocenters. The van der Waals surface area contributed by atoms with E-state index in [9.17, 15) is 0 Å². The average Bonchev–Trinajstić information content (AvgIpc) is 3.85. The van der Waals surface area contributed by atoms with Crippen molar-refractivity contribution >= 4 is 54.6 Å². The van der Waals surface area contributed by atoms with Gasteiger partial charge in [-0.05, 0) is 76.0 Å². The second-order valence-corrected chi connectivity index (χ2v) is 13.6. The summed E-state index contributed by atoms with van der Waals surface area (Å²) in [6.45, 7) is 6.66. The quantitative estimate of drug-likeness (QED) is 0.162. The van der Waals surface area contributed by atoms with E-state index < -0.39 is 0 Å². The number of hydrogen-bond donors (Lipinski definition) is 0. The van der Waals surface area contributed by atoms with Crippen molar-refractivity contribution in [3.63, 3.8) is 0 Å². The Balaban J connectivity index is 0.00000360. The Bertz CT molecular complexity index is 2960. The standard InChI is InChI=1S/C46H33N5.Pt/c1-28(2)32-25-26-47-45(29(32)3)51-40-21-10-8-16-35(40)36-24-23-30(27-42(36)51)33-17-12-22-41-44(33)49-46(50(41)31-13-5-4-6-14-31)38-19-11-18-37-34-15-7-9-20-39(34)48-43(37)38;/h4-26,28H,1-3H3;/q-2;+2. The molecule has 6 heteroatoms. The third-order valence-electron chi connectivity index (χ3n) is 10.3. The molecule has 252 valence electrons. The van der Waals surface area contributed by atoms with Gasteiger partial charge in [-0.2, -0.15) is 0 Å². The molecule has 0 unspecified atom stereocenters. The molecule has 0 saturated carbocycles. The van der Waals surface area contributed by atoms with Crippen LogP contribution in [0.15, 0.2) is 140 Å². The van der Waals surface area contributed by atoms with Crippen LogP contribution in [0, 0.1) is 13.0 Å². The minimum absolute atomic E-state index is 0. The SMILES string of the molecule is Cc1c(C(C)C)ccnc1-n1c2[c-]c(-c3cccc4c3nc(-c3cccc5c3[n-]c3ccccc35)n4-c3ccccc3)ccc2c2ccccc21.[Pt+2]. The summed E-state index contributed by atoms with van der Waals surface area (Å²) in [5.41, 5.74) is 12.5. The molecule has 0 fully saturated rings. The van der Waals surface area contributed by atoms with Gasteiger partial charge in [-0.25, -0.2) is 9.97 Å². The first-order valence-corrected chi connectivity index (χ1v) is 17.5. The van der Waals surface area contributed by atoms with Gasteiger partial charge in [-0.3, -0.25) is 4.57 Å². The topological polar surface area (TPSA) is 49.7 Å². The molecule has 0 N–H and O–H groups in total. The van der Waals surface area contributed by atoms with Gasteiger partial charge in [0.15, 0.2) is 0 Å². The fraction of sp³-hybridized carbons (Fsp3) is 0.0870. The Morgan fingerprint density at radius 2 is 1.35 bits per heavy atom. The van der Waals surface area contributed by atoms with E-state index in [4.69, 9.17) is 15.0 Å². The number of pyridine rings is 1. The van der Waals surface area contributed by atoms with Crippen molar-refractivity contribution in [2.45, 2.75) is 26.7 Å². The summed E-state index contributed by atoms with van der Waals surface area (Å²) in [5, 5.41) is 4.61. The van der Waals surface area contributed by atoms with E-state index in [0.29, 0.717) is 5.92 Å². The first-order valence-electron chi connectivity index (χ1n) is 17.5. The van der Waals surface area contributed by atoms with Crippen LogP contribution in [0.25, 0.3) is 88.7 Å². The minimum atomic E-state index is 0. The Hall–Kier alpha value is -5.77. The summed E-state index contributed by atoms with van der Waals surface area (Å²) in [5.74, 6) is 2.19. The van der Waals surface area contributed by atoms with E-state index in [1.165, 1.54) is 16.5 Å². The van der Waals surface area contributed by atoms with Gasteiger partial charge in [0.2, 0.25) is 0 Å². The molecule has 5 nitrogen and oxygen atoms in total. The fourth-order valence-corrected chi connectivity index (χ4v) is 7.98. The van der Waals surface area contributed by atoms with Gasteiger partial charge in [0.1, 0.15) is 11.6 Å². The number of imidazole rings is 1. The first-order chi connectivity index (χ1) is 25.1. The maximum Gasteiger partial charge on any atom is 2.00 e. The number of para-hydroxylation sites is 5. The van der Waals surface area contributed by atoms with Crippen LogP contribution in [-0.4, -0.2) is 19.1 Å². The van der Waals surface area contributed by atoms with E-state index in [2.05, 4.69) is 163 Å². The molecule has 4 heterocycles. The van der Waals surface area contributed by atoms with Crippen LogP contribution in [0.5, 0.6) is 0 Å². The van der Waals surface area contributed by atoms with Gasteiger partial charge in [0.05, 0.1) is 11.0 Å². The molecule has 0 spiro atoms. The molecule has 10 rings (SSSR count). The van der Waals surface area contributed by atoms with Crippen molar-refractivity contribution < 1.29 is 21.1 Å². The zero-order chi connectivity index (χ0) is 34.2. The molecule has 0 bridgehead atoms. The smallest absolute Gasteiger partial charge is 0.656 e. The second-order valence-electron chi connectivity index (χ2n) is 13.6. The van der Waals surface area contributed by atoms with Crippen molar-refractivity contribution in [3.05, 3.63) is 157 Å². The third kappa shape index (κ3) is 4.80. The summed E-state index contributed by atoms with van der Waals surface area (Å²) < 4.78 is 4.56. The Morgan fingerprint density at radius 1 is 0.635 bits per heavy atom. The molecule has 6 aromatic carbocycles. The van der Waals surface area contributed by atoms with Gasteiger partial charge in [0.25, 0.3) is 0 Å². The maximum atomic E-state index is 5.49. The molecular formula is C46H33N5Pt. The van der Waals surface area contributed by atoms with E-state index in [1.807, 2.05) is 12.3 Å². The van der Waals surface area contributed by atoms with Crippen LogP contribution in [0.3, 0.4) is 0 Å². The van der Waals surface area contributed by atoms with Crippen molar-refractivity contribution in [1.29, 1.82) is 0 Å². The van der Waals surface area contributed by atoms with E-state index in [-0.39, 0.29) is 21.1 Å². The number of benzene rings is 6. The molecule has 52 heavy (non-hydrogen) atoms. The number of aromatic nitrogens is 5. The first kappa shape index (κ1) is 32.2. The second kappa shape index (κ2) is 12.5. The third-order valence-corrected chi connectivity index (χ3v) is 10.3. The molecule has 0 amide bonds. The van der Waals surface area contributed by atoms with Gasteiger partial charge >= 0.3 is 21.1 Å². The van der Waals surface area contributed by atoms with Crippen molar-refractivity contribution in [2.75, 3.05) is 0 Å². The summed E-state index contributed by atoms with van der Waals surface area (Å²) in [7, 11) is 0. The van der Waals surface area contributed by atoms with Crippen LogP contribution in [0.4, 0.5) is 0 Å². The average molecular weight is 851 g/mol. The van der Waals surface area contributed by atoms with Crippen LogP contribution < -0.4 is 4.98 Å². The Labute approximate surface area is 315 Å². The maximum absolute atomic E-state index is 5.49. The molecule has 0 aliphatic carbocycles. The van der Waals surface area contributed by atoms with Gasteiger partial charge in [-0.15, -0.1) is 34.8 Å². The van der Waals surface area contributed by atoms with Crippen molar-refractivity contribution in [2.24, 2.45) is 0 Å². The van der Waals surface area contributed by atoms with Crippen LogP contribution in [-0.2, 0) is 21.1 Å². The zero-order valence-corrected chi connectivity index (χ0v) is 31.2. The predicted molar refractivity (Wildman–Crippen MR) is 210 cm³/mol. The molecular weight excluding hydrogens is 818 g/mol. The zero-order valence-electron chi connectivity index (χ0n) is 28.9. The van der Waals surface area contributed by atoms with Crippen LogP contribution >= 0.6 is 0 Å². The van der Waals surface area contributed by atoms with E-state index in [1.54, 1.807) is 0 Å². The van der Waals surface area contributed by atoms with Gasteiger partial charge in [0, 0.05) is 23.0 Å². The number of nitrogens with zero attached hydrogens (tertiary/aromatic N) is 5. The monoisotopic (exact) mass is 850 g/mol. The van der Waals surface area contributed by atoms with E-state index in [0.717, 1.165) is 83.3 Å². The summed E-state index contributed by atoms with van der Waals surface area (Å²) in [6.07, 6.45) is 1.94. The molecule has 4 aromatic heterocycles.